The molecule has 1 aromatic carbocycles. The molecule has 1 saturated carbocycles. The fourth-order valence-corrected chi connectivity index (χ4v) is 4.23. The zero-order chi connectivity index (χ0) is 16.4. The number of carbonyl (C=O) groups excluding carboxylic acids is 1. The smallest absolute Gasteiger partial charge is 0.261 e. The second-order valence-electron chi connectivity index (χ2n) is 5.93. The second kappa shape index (κ2) is 6.95. The maximum atomic E-state index is 14.1. The number of hydrogen-bond donors (Lipinski definition) is 2. The van der Waals surface area contributed by atoms with E-state index in [1.54, 1.807) is 6.07 Å². The molecule has 0 atom stereocenters. The van der Waals surface area contributed by atoms with Crippen LogP contribution in [0.3, 0.4) is 0 Å². The SMILES string of the molecule is COCc1c(C(=O)NC2CCC(O)CC2)sc2cccc(F)c12. The van der Waals surface area contributed by atoms with Crippen LogP contribution in [-0.2, 0) is 11.3 Å². The summed E-state index contributed by atoms with van der Waals surface area (Å²) < 4.78 is 20.1. The number of amides is 1. The highest BCUT2D eigenvalue weighted by atomic mass is 32.1. The van der Waals surface area contributed by atoms with Crippen molar-refractivity contribution < 1.29 is 19.0 Å². The lowest BCUT2D eigenvalue weighted by Gasteiger charge is -2.26. The van der Waals surface area contributed by atoms with Gasteiger partial charge in [-0.15, -0.1) is 11.3 Å². The number of methoxy groups -OCH3 is 1. The Balaban J connectivity index is 1.87. The van der Waals surface area contributed by atoms with Crippen LogP contribution in [-0.4, -0.2) is 30.3 Å². The number of halogens is 1. The topological polar surface area (TPSA) is 58.6 Å². The van der Waals surface area contributed by atoms with Gasteiger partial charge in [0.05, 0.1) is 17.6 Å². The molecule has 1 aliphatic rings. The largest absolute Gasteiger partial charge is 0.393 e. The van der Waals surface area contributed by atoms with Gasteiger partial charge in [-0.2, -0.15) is 0 Å². The van der Waals surface area contributed by atoms with Crippen molar-refractivity contribution in [2.24, 2.45) is 0 Å². The summed E-state index contributed by atoms with van der Waals surface area (Å²) in [5, 5.41) is 13.0. The Bertz CT molecular complexity index is 707. The van der Waals surface area contributed by atoms with E-state index in [9.17, 15) is 14.3 Å². The fourth-order valence-electron chi connectivity index (χ4n) is 3.10. The summed E-state index contributed by atoms with van der Waals surface area (Å²) in [7, 11) is 1.54. The lowest BCUT2D eigenvalue weighted by molar-refractivity contribution is 0.0868. The Hall–Kier alpha value is -1.50. The number of fused-ring (bicyclic) bond motifs is 1. The van der Waals surface area contributed by atoms with E-state index in [-0.39, 0.29) is 30.5 Å². The summed E-state index contributed by atoms with van der Waals surface area (Å²) in [6.45, 7) is 0.201. The van der Waals surface area contributed by atoms with E-state index in [0.717, 1.165) is 17.5 Å². The Morgan fingerprint density at radius 2 is 2.13 bits per heavy atom. The molecule has 3 rings (SSSR count). The van der Waals surface area contributed by atoms with E-state index in [4.69, 9.17) is 4.74 Å². The van der Waals surface area contributed by atoms with Gasteiger partial charge in [0.2, 0.25) is 0 Å². The molecule has 1 heterocycles. The third kappa shape index (κ3) is 3.39. The number of aliphatic hydroxyl groups excluding tert-OH is 1. The summed E-state index contributed by atoms with van der Waals surface area (Å²) in [4.78, 5) is 13.1. The number of ether oxygens (including phenoxy) is 1. The van der Waals surface area contributed by atoms with Crippen molar-refractivity contribution in [3.8, 4) is 0 Å². The van der Waals surface area contributed by atoms with Crippen LogP contribution in [0.2, 0.25) is 0 Å². The van der Waals surface area contributed by atoms with Gasteiger partial charge < -0.3 is 15.2 Å². The highest BCUT2D eigenvalue weighted by Gasteiger charge is 2.25. The zero-order valence-electron chi connectivity index (χ0n) is 13.0. The fraction of sp³-hybridized carbons (Fsp3) is 0.471. The van der Waals surface area contributed by atoms with E-state index < -0.39 is 0 Å². The number of aliphatic hydroxyl groups is 1. The maximum absolute atomic E-state index is 14.1. The molecule has 2 N–H and O–H groups in total. The van der Waals surface area contributed by atoms with Crippen molar-refractivity contribution >= 4 is 27.3 Å². The molecule has 1 amide bonds. The van der Waals surface area contributed by atoms with Crippen molar-refractivity contribution in [2.45, 2.75) is 44.4 Å². The second-order valence-corrected chi connectivity index (χ2v) is 6.99. The van der Waals surface area contributed by atoms with E-state index in [1.165, 1.54) is 24.5 Å². The highest BCUT2D eigenvalue weighted by molar-refractivity contribution is 7.21. The van der Waals surface area contributed by atoms with Gasteiger partial charge in [0.1, 0.15) is 5.82 Å². The van der Waals surface area contributed by atoms with Gasteiger partial charge in [-0.1, -0.05) is 6.07 Å². The third-order valence-electron chi connectivity index (χ3n) is 4.29. The molecule has 0 spiro atoms. The maximum Gasteiger partial charge on any atom is 0.261 e. The van der Waals surface area contributed by atoms with Crippen LogP contribution in [0.4, 0.5) is 4.39 Å². The normalized spacial score (nSPS) is 21.5. The van der Waals surface area contributed by atoms with Crippen molar-refractivity contribution in [1.82, 2.24) is 5.32 Å². The van der Waals surface area contributed by atoms with Crippen LogP contribution < -0.4 is 5.32 Å². The monoisotopic (exact) mass is 337 g/mol. The van der Waals surface area contributed by atoms with Crippen LogP contribution in [0.5, 0.6) is 0 Å². The average molecular weight is 337 g/mol. The van der Waals surface area contributed by atoms with Crippen LogP contribution in [0.1, 0.15) is 40.9 Å². The molecule has 4 nitrogen and oxygen atoms in total. The summed E-state index contributed by atoms with van der Waals surface area (Å²) in [6.07, 6.45) is 2.69. The number of thiophene rings is 1. The Morgan fingerprint density at radius 3 is 2.83 bits per heavy atom. The van der Waals surface area contributed by atoms with Gasteiger partial charge in [-0.3, -0.25) is 4.79 Å². The number of hydrogen-bond acceptors (Lipinski definition) is 4. The first-order valence-electron chi connectivity index (χ1n) is 7.78. The molecule has 0 aliphatic heterocycles. The van der Waals surface area contributed by atoms with Gasteiger partial charge in [-0.05, 0) is 37.8 Å². The lowest BCUT2D eigenvalue weighted by atomic mass is 9.93. The first-order valence-corrected chi connectivity index (χ1v) is 8.59. The lowest BCUT2D eigenvalue weighted by Crippen LogP contribution is -2.38. The third-order valence-corrected chi connectivity index (χ3v) is 5.49. The van der Waals surface area contributed by atoms with Gasteiger partial charge in [0.25, 0.3) is 5.91 Å². The first-order chi connectivity index (χ1) is 11.1. The molecule has 23 heavy (non-hydrogen) atoms. The molecule has 1 aliphatic carbocycles. The van der Waals surface area contributed by atoms with E-state index in [2.05, 4.69) is 5.32 Å². The Morgan fingerprint density at radius 1 is 1.39 bits per heavy atom. The van der Waals surface area contributed by atoms with Gasteiger partial charge >= 0.3 is 0 Å². The van der Waals surface area contributed by atoms with Gasteiger partial charge in [0, 0.05) is 28.8 Å². The van der Waals surface area contributed by atoms with E-state index in [0.29, 0.717) is 28.7 Å². The molecule has 6 heteroatoms. The molecule has 2 aromatic rings. The molecule has 1 aromatic heterocycles. The predicted octanol–water partition coefficient (Wildman–Crippen LogP) is 3.22. The predicted molar refractivity (Wildman–Crippen MR) is 88.2 cm³/mol. The summed E-state index contributed by atoms with van der Waals surface area (Å²) in [5.74, 6) is -0.510. The Kier molecular flexibility index (Phi) is 4.94. The summed E-state index contributed by atoms with van der Waals surface area (Å²) in [6, 6.07) is 4.93. The molecule has 0 bridgehead atoms. The number of rotatable bonds is 4. The molecule has 124 valence electrons. The van der Waals surface area contributed by atoms with Crippen LogP contribution >= 0.6 is 11.3 Å². The molecule has 0 unspecified atom stereocenters. The minimum Gasteiger partial charge on any atom is -0.393 e. The van der Waals surface area contributed by atoms with Crippen molar-refractivity contribution in [2.75, 3.05) is 7.11 Å². The molecule has 1 fully saturated rings. The van der Waals surface area contributed by atoms with E-state index >= 15 is 0 Å². The minimum atomic E-state index is -0.328. The van der Waals surface area contributed by atoms with E-state index in [1.807, 2.05) is 6.07 Å². The molecular weight excluding hydrogens is 317 g/mol. The standard InChI is InChI=1S/C17H20FNO3S/c1-22-9-12-15-13(18)3-2-4-14(15)23-16(12)17(21)19-10-5-7-11(20)8-6-10/h2-4,10-11,20H,5-9H2,1H3,(H,19,21). The minimum absolute atomic E-state index is 0.0661. The van der Waals surface area contributed by atoms with Gasteiger partial charge in [0.15, 0.2) is 0 Å². The zero-order valence-corrected chi connectivity index (χ0v) is 13.8. The number of benzene rings is 1. The molecule has 0 radical (unpaired) electrons. The van der Waals surface area contributed by atoms with Gasteiger partial charge in [-0.25, -0.2) is 4.39 Å². The van der Waals surface area contributed by atoms with Crippen molar-refractivity contribution in [1.29, 1.82) is 0 Å². The quantitative estimate of drug-likeness (QED) is 0.901. The van der Waals surface area contributed by atoms with Crippen LogP contribution in [0.15, 0.2) is 18.2 Å². The van der Waals surface area contributed by atoms with Crippen LogP contribution in [0.25, 0.3) is 10.1 Å². The Labute approximate surface area is 138 Å². The number of carbonyl (C=O) groups is 1. The molecule has 0 saturated heterocycles. The van der Waals surface area contributed by atoms with Crippen molar-refractivity contribution in [3.05, 3.63) is 34.5 Å². The summed E-state index contributed by atoms with van der Waals surface area (Å²) >= 11 is 1.29. The highest BCUT2D eigenvalue weighted by Crippen LogP contribution is 2.34. The molecular formula is C17H20FNO3S. The van der Waals surface area contributed by atoms with Crippen LogP contribution in [0, 0.1) is 5.82 Å². The number of nitrogens with one attached hydrogen (secondary N) is 1. The average Bonchev–Trinajstić information content (AvgIpc) is 2.90. The summed E-state index contributed by atoms with van der Waals surface area (Å²) in [5.41, 5.74) is 0.610. The van der Waals surface area contributed by atoms with Crippen molar-refractivity contribution in [3.63, 3.8) is 0 Å². The first kappa shape index (κ1) is 16.4.